The zero-order valence-corrected chi connectivity index (χ0v) is 21.7. The van der Waals surface area contributed by atoms with Crippen molar-refractivity contribution in [3.8, 4) is 0 Å². The molecule has 1 aliphatic heterocycles. The standard InChI is InChI=1S/C37H29N/c1-37(2)33-29(25-15-7-3-8-16-25)23-31(27-19-11-5-12-20-27)35(33)38-36-32(28-21-13-6-14-22-28)24-30(34(36)37)26-17-9-4-10-18-26/h3-24,33H,1-2H3. The lowest BCUT2D eigenvalue weighted by Gasteiger charge is -2.41. The molecule has 1 unspecified atom stereocenters. The van der Waals surface area contributed by atoms with E-state index in [1.807, 2.05) is 0 Å². The summed E-state index contributed by atoms with van der Waals surface area (Å²) in [6.45, 7) is 4.83. The van der Waals surface area contributed by atoms with E-state index in [1.165, 1.54) is 55.8 Å². The quantitative estimate of drug-likeness (QED) is 0.272. The third kappa shape index (κ3) is 3.50. The Balaban J connectivity index is 1.53. The van der Waals surface area contributed by atoms with Gasteiger partial charge in [-0.1, -0.05) is 135 Å². The molecule has 0 saturated heterocycles. The van der Waals surface area contributed by atoms with E-state index in [2.05, 4.69) is 147 Å². The first kappa shape index (κ1) is 22.7. The van der Waals surface area contributed by atoms with Crippen molar-refractivity contribution in [2.75, 3.05) is 0 Å². The molecule has 1 atom stereocenters. The fraction of sp³-hybridized carbons (Fsp3) is 0.108. The first-order chi connectivity index (χ1) is 18.6. The van der Waals surface area contributed by atoms with Crippen molar-refractivity contribution < 1.29 is 0 Å². The van der Waals surface area contributed by atoms with Gasteiger partial charge in [-0.3, -0.25) is 4.99 Å². The molecule has 4 aromatic carbocycles. The number of nitrogens with zero attached hydrogens (tertiary/aromatic N) is 1. The van der Waals surface area contributed by atoms with E-state index in [0.29, 0.717) is 0 Å². The Labute approximate surface area is 224 Å². The number of rotatable bonds is 4. The molecule has 182 valence electrons. The third-order valence-electron chi connectivity index (χ3n) is 8.17. The Morgan fingerprint density at radius 1 is 0.526 bits per heavy atom. The van der Waals surface area contributed by atoms with Gasteiger partial charge in [0, 0.05) is 22.5 Å². The molecule has 0 amide bonds. The maximum Gasteiger partial charge on any atom is 0.0756 e. The summed E-state index contributed by atoms with van der Waals surface area (Å²) in [4.78, 5) is 5.59. The Morgan fingerprint density at radius 3 is 1.55 bits per heavy atom. The highest BCUT2D eigenvalue weighted by Gasteiger charge is 2.49. The molecule has 4 aromatic rings. The van der Waals surface area contributed by atoms with Gasteiger partial charge in [0.2, 0.25) is 0 Å². The minimum absolute atomic E-state index is 0.154. The van der Waals surface area contributed by atoms with Crippen molar-refractivity contribution in [2.45, 2.75) is 13.8 Å². The lowest BCUT2D eigenvalue weighted by molar-refractivity contribution is 0.378. The molecule has 2 aliphatic carbocycles. The summed E-state index contributed by atoms with van der Waals surface area (Å²) in [6.07, 6.45) is 4.77. The summed E-state index contributed by atoms with van der Waals surface area (Å²) < 4.78 is 0. The van der Waals surface area contributed by atoms with Gasteiger partial charge in [-0.25, -0.2) is 0 Å². The Hall–Kier alpha value is -4.49. The van der Waals surface area contributed by atoms with Crippen LogP contribution in [0.1, 0.15) is 36.1 Å². The van der Waals surface area contributed by atoms with Crippen LogP contribution in [0.15, 0.2) is 150 Å². The van der Waals surface area contributed by atoms with Gasteiger partial charge < -0.3 is 0 Å². The molecule has 0 N–H and O–H groups in total. The summed E-state index contributed by atoms with van der Waals surface area (Å²) in [5.74, 6) is 0.154. The van der Waals surface area contributed by atoms with Crippen molar-refractivity contribution in [2.24, 2.45) is 16.3 Å². The maximum atomic E-state index is 5.59. The molecule has 7 rings (SSSR count). The highest BCUT2D eigenvalue weighted by molar-refractivity contribution is 6.40. The van der Waals surface area contributed by atoms with Crippen LogP contribution in [0.5, 0.6) is 0 Å². The molecule has 0 aromatic heterocycles. The topological polar surface area (TPSA) is 12.4 Å². The number of benzene rings is 4. The summed E-state index contributed by atoms with van der Waals surface area (Å²) in [6, 6.07) is 43.1. The number of aliphatic imine (C=N–C) groups is 1. The zero-order valence-electron chi connectivity index (χ0n) is 21.7. The van der Waals surface area contributed by atoms with Gasteiger partial charge in [0.1, 0.15) is 0 Å². The molecule has 0 radical (unpaired) electrons. The SMILES string of the molecule is CC1(C)C2=C(c3ccccc3)C=C(c3ccccc3)C2=NC2=C(c3ccccc3)C=C(c3ccccc3)C21. The highest BCUT2D eigenvalue weighted by Crippen LogP contribution is 2.60. The summed E-state index contributed by atoms with van der Waals surface area (Å²) in [5, 5.41) is 0. The molecule has 0 saturated carbocycles. The Morgan fingerprint density at radius 2 is 1.00 bits per heavy atom. The summed E-state index contributed by atoms with van der Waals surface area (Å²) in [7, 11) is 0. The maximum absolute atomic E-state index is 5.59. The fourth-order valence-electron chi connectivity index (χ4n) is 6.46. The monoisotopic (exact) mass is 487 g/mol. The van der Waals surface area contributed by atoms with E-state index in [4.69, 9.17) is 4.99 Å². The van der Waals surface area contributed by atoms with Crippen molar-refractivity contribution >= 4 is 28.0 Å². The smallest absolute Gasteiger partial charge is 0.0756 e. The predicted molar refractivity (Wildman–Crippen MR) is 160 cm³/mol. The third-order valence-corrected chi connectivity index (χ3v) is 8.17. The first-order valence-electron chi connectivity index (χ1n) is 13.4. The molecular weight excluding hydrogens is 458 g/mol. The van der Waals surface area contributed by atoms with Crippen LogP contribution < -0.4 is 0 Å². The molecular formula is C37H29N. The molecule has 0 fully saturated rings. The van der Waals surface area contributed by atoms with Gasteiger partial charge in [-0.2, -0.15) is 0 Å². The molecule has 3 aliphatic rings. The van der Waals surface area contributed by atoms with E-state index in [0.717, 1.165) is 5.71 Å². The van der Waals surface area contributed by atoms with Crippen LogP contribution in [0.3, 0.4) is 0 Å². The van der Waals surface area contributed by atoms with Crippen molar-refractivity contribution in [1.82, 2.24) is 0 Å². The molecule has 38 heavy (non-hydrogen) atoms. The van der Waals surface area contributed by atoms with Crippen molar-refractivity contribution in [3.05, 3.63) is 167 Å². The lowest BCUT2D eigenvalue weighted by Crippen LogP contribution is -2.35. The summed E-state index contributed by atoms with van der Waals surface area (Å²) in [5.41, 5.74) is 13.5. The van der Waals surface area contributed by atoms with E-state index < -0.39 is 0 Å². The average Bonchev–Trinajstić information content (AvgIpc) is 3.56. The molecule has 0 bridgehead atoms. The van der Waals surface area contributed by atoms with Crippen molar-refractivity contribution in [1.29, 1.82) is 0 Å². The number of fused-ring (bicyclic) bond motifs is 2. The first-order valence-corrected chi connectivity index (χ1v) is 13.4. The van der Waals surface area contributed by atoms with Crippen LogP contribution in [0.2, 0.25) is 0 Å². The van der Waals surface area contributed by atoms with Crippen LogP contribution in [-0.2, 0) is 0 Å². The van der Waals surface area contributed by atoms with Crippen LogP contribution in [0.4, 0.5) is 0 Å². The van der Waals surface area contributed by atoms with Crippen LogP contribution in [-0.4, -0.2) is 5.71 Å². The average molecular weight is 488 g/mol. The predicted octanol–water partition coefficient (Wildman–Crippen LogP) is 9.14. The zero-order chi connectivity index (χ0) is 25.7. The number of allylic oxidation sites excluding steroid dienone is 7. The second kappa shape index (κ2) is 8.82. The lowest BCUT2D eigenvalue weighted by atomic mass is 9.64. The van der Waals surface area contributed by atoms with E-state index in [9.17, 15) is 0 Å². The van der Waals surface area contributed by atoms with Gasteiger partial charge >= 0.3 is 0 Å². The fourth-order valence-corrected chi connectivity index (χ4v) is 6.46. The molecule has 1 heterocycles. The Kier molecular flexibility index (Phi) is 5.26. The molecule has 0 spiro atoms. The number of hydrogen-bond donors (Lipinski definition) is 0. The summed E-state index contributed by atoms with van der Waals surface area (Å²) >= 11 is 0. The Bertz CT molecular complexity index is 1680. The van der Waals surface area contributed by atoms with Gasteiger partial charge in [-0.15, -0.1) is 0 Å². The van der Waals surface area contributed by atoms with Gasteiger partial charge in [0.05, 0.1) is 11.4 Å². The van der Waals surface area contributed by atoms with Gasteiger partial charge in [0.25, 0.3) is 0 Å². The van der Waals surface area contributed by atoms with Crippen LogP contribution >= 0.6 is 0 Å². The molecule has 1 nitrogen and oxygen atoms in total. The normalized spacial score (nSPS) is 19.5. The van der Waals surface area contributed by atoms with E-state index in [1.54, 1.807) is 0 Å². The largest absolute Gasteiger partial charge is 0.251 e. The van der Waals surface area contributed by atoms with Gasteiger partial charge in [0.15, 0.2) is 0 Å². The van der Waals surface area contributed by atoms with Crippen LogP contribution in [0.25, 0.3) is 22.3 Å². The van der Waals surface area contributed by atoms with Gasteiger partial charge in [-0.05, 0) is 51.1 Å². The minimum Gasteiger partial charge on any atom is -0.251 e. The van der Waals surface area contributed by atoms with Crippen molar-refractivity contribution in [3.63, 3.8) is 0 Å². The van der Waals surface area contributed by atoms with Crippen LogP contribution in [0, 0.1) is 11.3 Å². The molecule has 1 heteroatoms. The second-order valence-electron chi connectivity index (χ2n) is 10.8. The highest BCUT2D eigenvalue weighted by atomic mass is 14.8. The van der Waals surface area contributed by atoms with E-state index >= 15 is 0 Å². The number of hydrogen-bond acceptors (Lipinski definition) is 1. The van der Waals surface area contributed by atoms with E-state index in [-0.39, 0.29) is 11.3 Å². The second-order valence-corrected chi connectivity index (χ2v) is 10.8. The minimum atomic E-state index is -0.178.